The molecule has 31 heavy (non-hydrogen) atoms. The number of aryl methyl sites for hydroxylation is 1. The van der Waals surface area contributed by atoms with Crippen molar-refractivity contribution in [1.29, 1.82) is 0 Å². The molecule has 0 spiro atoms. The molecule has 0 aromatic heterocycles. The van der Waals surface area contributed by atoms with E-state index in [1.54, 1.807) is 18.2 Å². The van der Waals surface area contributed by atoms with Crippen molar-refractivity contribution < 1.29 is 18.7 Å². The fourth-order valence-electron chi connectivity index (χ4n) is 2.95. The summed E-state index contributed by atoms with van der Waals surface area (Å²) in [5.41, 5.74) is 2.45. The van der Waals surface area contributed by atoms with E-state index in [2.05, 4.69) is 16.0 Å². The van der Waals surface area contributed by atoms with Crippen molar-refractivity contribution in [3.63, 3.8) is 0 Å². The molecule has 3 N–H and O–H groups in total. The third-order valence-electron chi connectivity index (χ3n) is 4.46. The number of anilines is 1. The number of ether oxygens (including phenoxy) is 1. The molecule has 3 amide bonds. The Balaban J connectivity index is 1.56. The molecule has 3 aromatic rings. The maximum Gasteiger partial charge on any atom is 0.319 e. The minimum Gasteiger partial charge on any atom is -0.488 e. The van der Waals surface area contributed by atoms with Gasteiger partial charge in [0.2, 0.25) is 5.91 Å². The fraction of sp³-hybridized carbons (Fsp3) is 0.167. The summed E-state index contributed by atoms with van der Waals surface area (Å²) in [7, 11) is 0. The van der Waals surface area contributed by atoms with Crippen LogP contribution in [0.15, 0.2) is 78.9 Å². The largest absolute Gasteiger partial charge is 0.488 e. The average Bonchev–Trinajstić information content (AvgIpc) is 2.77. The number of hydrogen-bond acceptors (Lipinski definition) is 3. The van der Waals surface area contributed by atoms with Crippen LogP contribution in [0.5, 0.6) is 5.75 Å². The molecule has 1 unspecified atom stereocenters. The van der Waals surface area contributed by atoms with Crippen LogP contribution in [-0.4, -0.2) is 25.1 Å². The van der Waals surface area contributed by atoms with Crippen LogP contribution >= 0.6 is 0 Å². The van der Waals surface area contributed by atoms with Gasteiger partial charge in [0.1, 0.15) is 6.61 Å². The summed E-state index contributed by atoms with van der Waals surface area (Å²) in [6, 6.07) is 21.6. The number of benzene rings is 3. The van der Waals surface area contributed by atoms with Crippen molar-refractivity contribution in [2.45, 2.75) is 13.0 Å². The van der Waals surface area contributed by atoms with Gasteiger partial charge in [-0.3, -0.25) is 4.79 Å². The summed E-state index contributed by atoms with van der Waals surface area (Å²) in [5.74, 6) is -0.770. The molecule has 1 atom stereocenters. The molecule has 0 fully saturated rings. The Hall–Kier alpha value is -3.87. The number of amides is 3. The molecule has 0 saturated heterocycles. The van der Waals surface area contributed by atoms with Crippen LogP contribution in [0.2, 0.25) is 0 Å². The van der Waals surface area contributed by atoms with Crippen molar-refractivity contribution in [3.8, 4) is 5.75 Å². The molecule has 0 aliphatic rings. The van der Waals surface area contributed by atoms with Crippen LogP contribution in [0, 0.1) is 12.7 Å². The van der Waals surface area contributed by atoms with Crippen LogP contribution in [0.3, 0.4) is 0 Å². The van der Waals surface area contributed by atoms with E-state index < -0.39 is 23.8 Å². The lowest BCUT2D eigenvalue weighted by Gasteiger charge is -2.20. The summed E-state index contributed by atoms with van der Waals surface area (Å²) in [4.78, 5) is 24.5. The molecule has 0 radical (unpaired) electrons. The number of carbonyl (C=O) groups is 2. The van der Waals surface area contributed by atoms with Crippen LogP contribution in [0.1, 0.15) is 17.2 Å². The van der Waals surface area contributed by atoms with Gasteiger partial charge in [-0.25, -0.2) is 9.18 Å². The van der Waals surface area contributed by atoms with Gasteiger partial charge in [-0.1, -0.05) is 54.6 Å². The van der Waals surface area contributed by atoms with Gasteiger partial charge >= 0.3 is 6.03 Å². The molecular formula is C24H24FN3O3. The van der Waals surface area contributed by atoms with Crippen LogP contribution < -0.4 is 20.7 Å². The third kappa shape index (κ3) is 6.85. The first-order valence-electron chi connectivity index (χ1n) is 9.84. The Bertz CT molecular complexity index is 1030. The van der Waals surface area contributed by atoms with Gasteiger partial charge in [0.15, 0.2) is 11.6 Å². The van der Waals surface area contributed by atoms with Crippen LogP contribution in [0.25, 0.3) is 0 Å². The Labute approximate surface area is 180 Å². The van der Waals surface area contributed by atoms with Gasteiger partial charge in [-0.05, 0) is 42.3 Å². The Morgan fingerprint density at radius 2 is 1.71 bits per heavy atom. The second kappa shape index (κ2) is 10.8. The fourth-order valence-corrected chi connectivity index (χ4v) is 2.95. The van der Waals surface area contributed by atoms with Crippen molar-refractivity contribution in [3.05, 3.63) is 95.8 Å². The minimum atomic E-state index is -0.519. The third-order valence-corrected chi connectivity index (χ3v) is 4.46. The van der Waals surface area contributed by atoms with Crippen molar-refractivity contribution in [2.75, 3.05) is 18.5 Å². The van der Waals surface area contributed by atoms with Gasteiger partial charge in [0.05, 0.1) is 12.6 Å². The second-order valence-corrected chi connectivity index (χ2v) is 6.95. The first-order chi connectivity index (χ1) is 15.0. The van der Waals surface area contributed by atoms with Crippen LogP contribution in [-0.2, 0) is 4.79 Å². The van der Waals surface area contributed by atoms with Crippen molar-refractivity contribution in [1.82, 2.24) is 10.6 Å². The van der Waals surface area contributed by atoms with Gasteiger partial charge in [-0.15, -0.1) is 0 Å². The van der Waals surface area contributed by atoms with Crippen LogP contribution in [0.4, 0.5) is 14.9 Å². The Kier molecular flexibility index (Phi) is 7.59. The van der Waals surface area contributed by atoms with E-state index in [0.717, 1.165) is 11.1 Å². The maximum absolute atomic E-state index is 13.9. The molecule has 0 bridgehead atoms. The lowest BCUT2D eigenvalue weighted by Crippen LogP contribution is -2.41. The highest BCUT2D eigenvalue weighted by Crippen LogP contribution is 2.19. The van der Waals surface area contributed by atoms with E-state index in [9.17, 15) is 14.0 Å². The van der Waals surface area contributed by atoms with E-state index in [-0.39, 0.29) is 18.9 Å². The summed E-state index contributed by atoms with van der Waals surface area (Å²) in [6.07, 6.45) is 0. The zero-order valence-corrected chi connectivity index (χ0v) is 17.1. The highest BCUT2D eigenvalue weighted by Gasteiger charge is 2.17. The van der Waals surface area contributed by atoms with Gasteiger partial charge in [0, 0.05) is 5.69 Å². The molecule has 0 heterocycles. The Morgan fingerprint density at radius 1 is 0.968 bits per heavy atom. The monoisotopic (exact) mass is 421 g/mol. The number of nitrogens with one attached hydrogen (secondary N) is 3. The molecular weight excluding hydrogens is 397 g/mol. The Morgan fingerprint density at radius 3 is 2.45 bits per heavy atom. The summed E-state index contributed by atoms with van der Waals surface area (Å²) >= 11 is 0. The normalized spacial score (nSPS) is 11.3. The summed E-state index contributed by atoms with van der Waals surface area (Å²) < 4.78 is 19.4. The molecule has 160 valence electrons. The zero-order valence-electron chi connectivity index (χ0n) is 17.1. The van der Waals surface area contributed by atoms with Gasteiger partial charge in [-0.2, -0.15) is 0 Å². The number of carbonyl (C=O) groups excluding carboxylic acids is 2. The first-order valence-corrected chi connectivity index (χ1v) is 9.84. The first kappa shape index (κ1) is 21.8. The van der Waals surface area contributed by atoms with E-state index in [1.165, 1.54) is 12.1 Å². The number of hydrogen-bond donors (Lipinski definition) is 3. The molecule has 7 heteroatoms. The number of halogens is 1. The van der Waals surface area contributed by atoms with Crippen molar-refractivity contribution >= 4 is 17.6 Å². The lowest BCUT2D eigenvalue weighted by molar-refractivity contribution is -0.121. The average molecular weight is 421 g/mol. The van der Waals surface area contributed by atoms with E-state index in [4.69, 9.17) is 4.74 Å². The van der Waals surface area contributed by atoms with Gasteiger partial charge < -0.3 is 20.7 Å². The molecule has 3 aromatic carbocycles. The van der Waals surface area contributed by atoms with Gasteiger partial charge in [0.25, 0.3) is 0 Å². The molecule has 6 nitrogen and oxygen atoms in total. The lowest BCUT2D eigenvalue weighted by atomic mass is 10.1. The molecule has 0 aliphatic carbocycles. The second-order valence-electron chi connectivity index (χ2n) is 6.95. The highest BCUT2D eigenvalue weighted by molar-refractivity contribution is 5.92. The number of urea groups is 1. The zero-order chi connectivity index (χ0) is 22.1. The maximum atomic E-state index is 13.9. The number of para-hydroxylation sites is 1. The highest BCUT2D eigenvalue weighted by atomic mass is 19.1. The smallest absolute Gasteiger partial charge is 0.319 e. The number of rotatable bonds is 8. The molecule has 0 saturated carbocycles. The standard InChI is InChI=1S/C24H24FN3O3/c1-17-8-7-11-19(14-17)27-24(30)26-15-23(29)28-21(18-9-3-2-4-10-18)16-31-22-13-6-5-12-20(22)25/h2-14,21H,15-16H2,1H3,(H,28,29)(H2,26,27,30). The quantitative estimate of drug-likeness (QED) is 0.510. The van der Waals surface area contributed by atoms with Crippen molar-refractivity contribution in [2.24, 2.45) is 0 Å². The predicted molar refractivity (Wildman–Crippen MR) is 117 cm³/mol. The van der Waals surface area contributed by atoms with E-state index in [1.807, 2.05) is 55.5 Å². The van der Waals surface area contributed by atoms with E-state index in [0.29, 0.717) is 5.69 Å². The molecule has 3 rings (SSSR count). The molecule has 0 aliphatic heterocycles. The SMILES string of the molecule is Cc1cccc(NC(=O)NCC(=O)NC(COc2ccccc2F)c2ccccc2)c1. The minimum absolute atomic E-state index is 0.0339. The predicted octanol–water partition coefficient (Wildman–Crippen LogP) is 4.19. The summed E-state index contributed by atoms with van der Waals surface area (Å²) in [6.45, 7) is 1.73. The topological polar surface area (TPSA) is 79.5 Å². The summed E-state index contributed by atoms with van der Waals surface area (Å²) in [5, 5.41) is 8.03. The van der Waals surface area contributed by atoms with E-state index >= 15 is 0 Å².